The summed E-state index contributed by atoms with van der Waals surface area (Å²) in [7, 11) is 0. The number of nitrogens with one attached hydrogen (secondary N) is 1. The van der Waals surface area contributed by atoms with Gasteiger partial charge < -0.3 is 10.1 Å². The molecular formula is C17H18N4O2S2. The Morgan fingerprint density at radius 3 is 2.68 bits per heavy atom. The van der Waals surface area contributed by atoms with Gasteiger partial charge in [-0.2, -0.15) is 0 Å². The smallest absolute Gasteiger partial charge is 0.414 e. The molecule has 3 rings (SSSR count). The third-order valence-electron chi connectivity index (χ3n) is 3.78. The first-order chi connectivity index (χ1) is 12.1. The molecule has 0 bridgehead atoms. The van der Waals surface area contributed by atoms with E-state index < -0.39 is 0 Å². The summed E-state index contributed by atoms with van der Waals surface area (Å²) in [6.07, 6.45) is 1.41. The summed E-state index contributed by atoms with van der Waals surface area (Å²) in [4.78, 5) is 14.4. The van der Waals surface area contributed by atoms with Gasteiger partial charge in [-0.25, -0.2) is 4.79 Å². The quantitative estimate of drug-likeness (QED) is 0.637. The van der Waals surface area contributed by atoms with Crippen LogP contribution in [-0.2, 0) is 4.74 Å². The lowest BCUT2D eigenvalue weighted by molar-refractivity contribution is 0.143. The maximum Gasteiger partial charge on any atom is 0.414 e. The molecule has 1 unspecified atom stereocenters. The normalized spacial score (nSPS) is 16.6. The van der Waals surface area contributed by atoms with E-state index in [0.717, 1.165) is 22.0 Å². The summed E-state index contributed by atoms with van der Waals surface area (Å²) in [6.45, 7) is 2.82. The average molecular weight is 374 g/mol. The summed E-state index contributed by atoms with van der Waals surface area (Å²) in [6, 6.07) is 11.5. The van der Waals surface area contributed by atoms with Crippen LogP contribution in [0, 0.1) is 0 Å². The Balaban J connectivity index is 1.69. The van der Waals surface area contributed by atoms with Crippen molar-refractivity contribution >= 4 is 40.7 Å². The van der Waals surface area contributed by atoms with E-state index in [4.69, 9.17) is 17.0 Å². The number of anilines is 1. The summed E-state index contributed by atoms with van der Waals surface area (Å²) in [5.74, 6) is 0. The second-order valence-electron chi connectivity index (χ2n) is 5.56. The van der Waals surface area contributed by atoms with Crippen LogP contribution in [0.15, 0.2) is 41.4 Å². The highest BCUT2D eigenvalue weighted by molar-refractivity contribution is 7.98. The number of cyclic esters (lactones) is 1. The number of rotatable bonds is 5. The van der Waals surface area contributed by atoms with Crippen LogP contribution in [0.5, 0.6) is 0 Å². The van der Waals surface area contributed by atoms with Crippen LogP contribution >= 0.6 is 24.0 Å². The van der Waals surface area contributed by atoms with E-state index in [1.54, 1.807) is 23.6 Å². The van der Waals surface area contributed by atoms with Gasteiger partial charge in [-0.1, -0.05) is 24.4 Å². The third-order valence-corrected chi connectivity index (χ3v) is 4.56. The summed E-state index contributed by atoms with van der Waals surface area (Å²) in [5.41, 5.74) is 2.54. The van der Waals surface area contributed by atoms with Crippen LogP contribution in [0.1, 0.15) is 6.92 Å². The van der Waals surface area contributed by atoms with Gasteiger partial charge in [0.25, 0.3) is 0 Å². The molecule has 1 saturated heterocycles. The highest BCUT2D eigenvalue weighted by Gasteiger charge is 2.32. The topological polar surface area (TPSA) is 67.3 Å². The Morgan fingerprint density at radius 2 is 2.08 bits per heavy atom. The monoisotopic (exact) mass is 374 g/mol. The van der Waals surface area contributed by atoms with Crippen LogP contribution in [-0.4, -0.2) is 46.7 Å². The summed E-state index contributed by atoms with van der Waals surface area (Å²) < 4.78 is 5.36. The lowest BCUT2D eigenvalue weighted by Gasteiger charge is -2.13. The Labute approximate surface area is 156 Å². The minimum absolute atomic E-state index is 0.213. The van der Waals surface area contributed by atoms with Crippen molar-refractivity contribution in [3.63, 3.8) is 0 Å². The number of hydrogen-bond acceptors (Lipinski definition) is 6. The zero-order valence-electron chi connectivity index (χ0n) is 13.9. The van der Waals surface area contributed by atoms with Crippen molar-refractivity contribution in [2.75, 3.05) is 24.2 Å². The molecule has 1 aliphatic rings. The molecule has 8 heteroatoms. The first-order valence-corrected chi connectivity index (χ1v) is 9.41. The predicted molar refractivity (Wildman–Crippen MR) is 103 cm³/mol. The zero-order valence-corrected chi connectivity index (χ0v) is 15.6. The van der Waals surface area contributed by atoms with E-state index in [-0.39, 0.29) is 12.2 Å². The number of thiocarbonyl (C=S) groups is 1. The van der Waals surface area contributed by atoms with Gasteiger partial charge in [0.2, 0.25) is 0 Å². The number of hydrogen-bond donors (Lipinski definition) is 1. The average Bonchev–Trinajstić information content (AvgIpc) is 3.01. The molecule has 1 amide bonds. The molecule has 2 aromatic rings. The molecule has 0 radical (unpaired) electrons. The molecule has 0 aliphatic carbocycles. The molecular weight excluding hydrogens is 356 g/mol. The molecule has 0 saturated carbocycles. The molecule has 1 aromatic heterocycles. The molecule has 1 fully saturated rings. The first-order valence-electron chi connectivity index (χ1n) is 7.77. The molecule has 0 spiro atoms. The van der Waals surface area contributed by atoms with Gasteiger partial charge >= 0.3 is 6.09 Å². The molecule has 2 heterocycles. The van der Waals surface area contributed by atoms with E-state index in [2.05, 4.69) is 15.5 Å². The van der Waals surface area contributed by atoms with E-state index in [1.165, 1.54) is 0 Å². The fourth-order valence-corrected chi connectivity index (χ4v) is 2.90. The van der Waals surface area contributed by atoms with Gasteiger partial charge in [0.05, 0.1) is 23.8 Å². The standard InChI is InChI=1S/C17H18N4O2S2/c1-11(24)18-9-14-10-21(17(22)23-14)13-5-3-12(4-6-13)15-7-8-16(25-2)20-19-15/h3-8,14H,9-10H2,1-2H3,(H,18,24). The number of carbonyl (C=O) groups excluding carboxylic acids is 1. The molecule has 25 heavy (non-hydrogen) atoms. The Bertz CT molecular complexity index is 765. The van der Waals surface area contributed by atoms with Crippen molar-refractivity contribution < 1.29 is 9.53 Å². The van der Waals surface area contributed by atoms with Gasteiger partial charge in [-0.05, 0) is 37.4 Å². The number of ether oxygens (including phenoxy) is 1. The van der Waals surface area contributed by atoms with Crippen molar-refractivity contribution in [2.24, 2.45) is 0 Å². The van der Waals surface area contributed by atoms with E-state index in [0.29, 0.717) is 18.1 Å². The van der Waals surface area contributed by atoms with Crippen LogP contribution in [0.4, 0.5) is 10.5 Å². The van der Waals surface area contributed by atoms with Gasteiger partial charge in [-0.3, -0.25) is 4.90 Å². The van der Waals surface area contributed by atoms with Crippen LogP contribution in [0.3, 0.4) is 0 Å². The van der Waals surface area contributed by atoms with E-state index >= 15 is 0 Å². The van der Waals surface area contributed by atoms with E-state index in [1.807, 2.05) is 42.7 Å². The van der Waals surface area contributed by atoms with Gasteiger partial charge in [0, 0.05) is 11.3 Å². The lowest BCUT2D eigenvalue weighted by atomic mass is 10.1. The number of thioether (sulfide) groups is 1. The highest BCUT2D eigenvalue weighted by atomic mass is 32.2. The Morgan fingerprint density at radius 1 is 1.32 bits per heavy atom. The molecule has 1 aliphatic heterocycles. The van der Waals surface area contributed by atoms with Crippen molar-refractivity contribution in [1.82, 2.24) is 15.5 Å². The van der Waals surface area contributed by atoms with Gasteiger partial charge in [-0.15, -0.1) is 22.0 Å². The fraction of sp³-hybridized carbons (Fsp3) is 0.294. The fourth-order valence-electron chi connectivity index (χ4n) is 2.49. The van der Waals surface area contributed by atoms with Crippen molar-refractivity contribution in [3.05, 3.63) is 36.4 Å². The van der Waals surface area contributed by atoms with Crippen molar-refractivity contribution in [2.45, 2.75) is 18.1 Å². The summed E-state index contributed by atoms with van der Waals surface area (Å²) in [5, 5.41) is 12.3. The minimum atomic E-state index is -0.342. The lowest BCUT2D eigenvalue weighted by Crippen LogP contribution is -2.32. The summed E-state index contributed by atoms with van der Waals surface area (Å²) >= 11 is 6.53. The highest BCUT2D eigenvalue weighted by Crippen LogP contribution is 2.25. The first kappa shape index (κ1) is 17.6. The second kappa shape index (κ2) is 7.79. The third kappa shape index (κ3) is 4.26. The Hall–Kier alpha value is -2.19. The van der Waals surface area contributed by atoms with Crippen molar-refractivity contribution in [1.29, 1.82) is 0 Å². The van der Waals surface area contributed by atoms with Crippen molar-refractivity contribution in [3.8, 4) is 11.3 Å². The predicted octanol–water partition coefficient (Wildman–Crippen LogP) is 3.13. The van der Waals surface area contributed by atoms with Gasteiger partial charge in [0.1, 0.15) is 11.1 Å². The largest absolute Gasteiger partial charge is 0.442 e. The number of carbonyl (C=O) groups is 1. The molecule has 6 nitrogen and oxygen atoms in total. The van der Waals surface area contributed by atoms with Crippen LogP contribution in [0.25, 0.3) is 11.3 Å². The second-order valence-corrected chi connectivity index (χ2v) is 7.00. The Kier molecular flexibility index (Phi) is 5.50. The van der Waals surface area contributed by atoms with Crippen LogP contribution in [0.2, 0.25) is 0 Å². The number of amides is 1. The maximum absolute atomic E-state index is 12.1. The molecule has 1 N–H and O–H groups in total. The van der Waals surface area contributed by atoms with Gasteiger partial charge in [0.15, 0.2) is 0 Å². The van der Waals surface area contributed by atoms with Crippen LogP contribution < -0.4 is 10.2 Å². The molecule has 1 atom stereocenters. The zero-order chi connectivity index (χ0) is 17.8. The molecule has 130 valence electrons. The number of nitrogens with zero attached hydrogens (tertiary/aromatic N) is 3. The number of benzene rings is 1. The molecule has 1 aromatic carbocycles. The SMILES string of the molecule is CSc1ccc(-c2ccc(N3CC(CNC(C)=S)OC3=O)cc2)nn1. The maximum atomic E-state index is 12.1. The number of aromatic nitrogens is 2. The van der Waals surface area contributed by atoms with E-state index in [9.17, 15) is 4.79 Å². The minimum Gasteiger partial charge on any atom is -0.442 e.